The maximum atomic E-state index is 2.86. The first-order valence-corrected chi connectivity index (χ1v) is 6.90. The molecule has 0 aliphatic carbocycles. The van der Waals surface area contributed by atoms with Gasteiger partial charge in [0.15, 0.2) is 0 Å². The zero-order valence-corrected chi connectivity index (χ0v) is 13.1. The van der Waals surface area contributed by atoms with Crippen molar-refractivity contribution in [3.63, 3.8) is 0 Å². The van der Waals surface area contributed by atoms with E-state index in [0.717, 1.165) is 0 Å². The van der Waals surface area contributed by atoms with Gasteiger partial charge in [0, 0.05) is 12.4 Å². The number of aromatic nitrogens is 1. The molecule has 2 rings (SSSR count). The maximum Gasteiger partial charge on any atom is 0.000496 e. The van der Waals surface area contributed by atoms with E-state index >= 15 is 0 Å². The molecule has 0 fully saturated rings. The van der Waals surface area contributed by atoms with Crippen molar-refractivity contribution in [3.05, 3.63) is 59.9 Å². The summed E-state index contributed by atoms with van der Waals surface area (Å²) < 4.78 is 0. The average molecular weight is 257 g/mol. The van der Waals surface area contributed by atoms with Gasteiger partial charge in [-0.2, -0.15) is 0 Å². The molecule has 0 spiro atoms. The largest absolute Gasteiger partial charge is 0.368 e. The zero-order chi connectivity index (χ0) is 14.5. The van der Waals surface area contributed by atoms with E-state index in [1.165, 1.54) is 11.1 Å². The van der Waals surface area contributed by atoms with E-state index in [2.05, 4.69) is 70.8 Å². The first-order valence-electron chi connectivity index (χ1n) is 6.90. The van der Waals surface area contributed by atoms with E-state index < -0.39 is 0 Å². The van der Waals surface area contributed by atoms with Gasteiger partial charge in [-0.05, 0) is 34.1 Å². The quantitative estimate of drug-likeness (QED) is 0.659. The first-order chi connectivity index (χ1) is 8.71. The summed E-state index contributed by atoms with van der Waals surface area (Å²) in [6.07, 6.45) is 3.75. The number of nitrogens with one attached hydrogen (secondary N) is 1. The highest BCUT2D eigenvalue weighted by molar-refractivity contribution is 5.32. The monoisotopic (exact) mass is 257 g/mol. The number of hydrogen-bond donors (Lipinski definition) is 1. The van der Waals surface area contributed by atoms with Crippen molar-refractivity contribution in [1.29, 1.82) is 0 Å². The molecule has 1 N–H and O–H groups in total. The summed E-state index contributed by atoms with van der Waals surface area (Å²) in [5, 5.41) is 0. The molecule has 1 nitrogen and oxygen atoms in total. The molecule has 1 aromatic heterocycles. The summed E-state index contributed by atoms with van der Waals surface area (Å²) >= 11 is 0. The molecular formula is C18H27N. The lowest BCUT2D eigenvalue weighted by Crippen LogP contribution is -2.15. The molecule has 0 atom stereocenters. The number of hydrogen-bond acceptors (Lipinski definition) is 0. The van der Waals surface area contributed by atoms with Gasteiger partial charge in [-0.1, -0.05) is 65.8 Å². The Morgan fingerprint density at radius 2 is 1.11 bits per heavy atom. The lowest BCUT2D eigenvalue weighted by molar-refractivity contribution is 0.568. The van der Waals surface area contributed by atoms with Gasteiger partial charge in [-0.25, -0.2) is 0 Å². The molecule has 0 aliphatic heterocycles. The molecule has 104 valence electrons. The van der Waals surface area contributed by atoms with E-state index in [-0.39, 0.29) is 10.8 Å². The van der Waals surface area contributed by atoms with Crippen LogP contribution < -0.4 is 0 Å². The Hall–Kier alpha value is -1.50. The Morgan fingerprint density at radius 1 is 0.684 bits per heavy atom. The molecule has 0 radical (unpaired) electrons. The van der Waals surface area contributed by atoms with Gasteiger partial charge in [0.1, 0.15) is 0 Å². The van der Waals surface area contributed by atoms with Crippen LogP contribution in [0.2, 0.25) is 0 Å². The summed E-state index contributed by atoms with van der Waals surface area (Å²) in [4.78, 5) is 2.86. The van der Waals surface area contributed by atoms with Crippen LogP contribution in [0.4, 0.5) is 0 Å². The van der Waals surface area contributed by atoms with Gasteiger partial charge in [-0.15, -0.1) is 0 Å². The number of benzene rings is 1. The van der Waals surface area contributed by atoms with Crippen LogP contribution in [0.25, 0.3) is 0 Å². The minimum Gasteiger partial charge on any atom is -0.368 e. The Morgan fingerprint density at radius 3 is 1.37 bits per heavy atom. The van der Waals surface area contributed by atoms with E-state index in [1.54, 1.807) is 0 Å². The van der Waals surface area contributed by atoms with E-state index in [4.69, 9.17) is 0 Å². The van der Waals surface area contributed by atoms with Gasteiger partial charge < -0.3 is 4.98 Å². The molecular weight excluding hydrogens is 230 g/mol. The second-order valence-electron chi connectivity index (χ2n) is 6.97. The number of rotatable bonds is 0. The van der Waals surface area contributed by atoms with Crippen LogP contribution in [0.15, 0.2) is 48.8 Å². The Kier molecular flexibility index (Phi) is 4.99. The molecule has 0 aliphatic rings. The summed E-state index contributed by atoms with van der Waals surface area (Å²) in [5.41, 5.74) is 3.34. The van der Waals surface area contributed by atoms with Crippen molar-refractivity contribution in [2.45, 2.75) is 52.4 Å². The van der Waals surface area contributed by atoms with E-state index in [9.17, 15) is 0 Å². The number of aromatic amines is 1. The average Bonchev–Trinajstić information content (AvgIpc) is 2.85. The highest BCUT2D eigenvalue weighted by Gasteiger charge is 2.18. The molecule has 2 aromatic rings. The fourth-order valence-corrected chi connectivity index (χ4v) is 1.73. The molecule has 1 aromatic carbocycles. The normalized spacial score (nSPS) is 11.7. The van der Waals surface area contributed by atoms with Crippen LogP contribution in [0, 0.1) is 0 Å². The Bertz CT molecular complexity index is 421. The lowest BCUT2D eigenvalue weighted by atomic mass is 9.81. The molecule has 19 heavy (non-hydrogen) atoms. The van der Waals surface area contributed by atoms with E-state index in [0.29, 0.717) is 0 Å². The fourth-order valence-electron chi connectivity index (χ4n) is 1.73. The van der Waals surface area contributed by atoms with Crippen molar-refractivity contribution < 1.29 is 0 Å². The first kappa shape index (κ1) is 15.6. The van der Waals surface area contributed by atoms with Crippen molar-refractivity contribution in [2.24, 2.45) is 0 Å². The third-order valence-electron chi connectivity index (χ3n) is 3.09. The number of H-pyrrole nitrogens is 1. The summed E-state index contributed by atoms with van der Waals surface area (Å²) in [6, 6.07) is 12.8. The molecule has 1 heteroatoms. The highest BCUT2D eigenvalue weighted by Crippen LogP contribution is 2.28. The minimum atomic E-state index is 0.251. The van der Waals surface area contributed by atoms with Crippen LogP contribution in [-0.4, -0.2) is 4.98 Å². The van der Waals surface area contributed by atoms with Gasteiger partial charge in [0.25, 0.3) is 0 Å². The third-order valence-corrected chi connectivity index (χ3v) is 3.09. The SMILES string of the molecule is CC(C)(C)c1cccc(C(C)(C)C)c1.c1cc[nH]c1. The Balaban J connectivity index is 0.000000300. The second-order valence-corrected chi connectivity index (χ2v) is 6.97. The lowest BCUT2D eigenvalue weighted by Gasteiger charge is -2.24. The van der Waals surface area contributed by atoms with Crippen LogP contribution >= 0.6 is 0 Å². The molecule has 0 saturated carbocycles. The van der Waals surface area contributed by atoms with Crippen LogP contribution in [0.3, 0.4) is 0 Å². The molecule has 0 amide bonds. The molecule has 0 bridgehead atoms. The predicted octanol–water partition coefficient (Wildman–Crippen LogP) is 5.30. The summed E-state index contributed by atoms with van der Waals surface area (Å²) in [5.74, 6) is 0. The Labute approximate surface area is 118 Å². The van der Waals surface area contributed by atoms with Gasteiger partial charge >= 0.3 is 0 Å². The van der Waals surface area contributed by atoms with Crippen molar-refractivity contribution >= 4 is 0 Å². The summed E-state index contributed by atoms with van der Waals surface area (Å²) in [6.45, 7) is 13.6. The topological polar surface area (TPSA) is 15.8 Å². The summed E-state index contributed by atoms with van der Waals surface area (Å²) in [7, 11) is 0. The van der Waals surface area contributed by atoms with E-state index in [1.807, 2.05) is 24.5 Å². The smallest absolute Gasteiger partial charge is 0.000496 e. The van der Waals surface area contributed by atoms with Gasteiger partial charge in [0.05, 0.1) is 0 Å². The van der Waals surface area contributed by atoms with Crippen LogP contribution in [0.5, 0.6) is 0 Å². The fraction of sp³-hybridized carbons (Fsp3) is 0.444. The predicted molar refractivity (Wildman–Crippen MR) is 84.6 cm³/mol. The minimum absolute atomic E-state index is 0.251. The highest BCUT2D eigenvalue weighted by atomic mass is 14.6. The van der Waals surface area contributed by atoms with Gasteiger partial charge in [0.2, 0.25) is 0 Å². The van der Waals surface area contributed by atoms with Gasteiger partial charge in [-0.3, -0.25) is 0 Å². The maximum absolute atomic E-state index is 2.86. The zero-order valence-electron chi connectivity index (χ0n) is 13.1. The standard InChI is InChI=1S/C14H22.C4H5N/c1-13(2,3)11-8-7-9-12(10-11)14(4,5)6;1-2-4-5-3-1/h7-10H,1-6H3;1-5H. The van der Waals surface area contributed by atoms with Crippen LogP contribution in [-0.2, 0) is 10.8 Å². The van der Waals surface area contributed by atoms with Crippen molar-refractivity contribution in [1.82, 2.24) is 4.98 Å². The van der Waals surface area contributed by atoms with Crippen molar-refractivity contribution in [2.75, 3.05) is 0 Å². The third kappa shape index (κ3) is 5.34. The molecule has 1 heterocycles. The molecule has 0 saturated heterocycles. The second kappa shape index (κ2) is 6.10. The molecule has 0 unspecified atom stereocenters. The van der Waals surface area contributed by atoms with Crippen molar-refractivity contribution in [3.8, 4) is 0 Å². The van der Waals surface area contributed by atoms with Crippen LogP contribution in [0.1, 0.15) is 52.7 Å².